The Morgan fingerprint density at radius 1 is 1.00 bits per heavy atom. The molecule has 2 heterocycles. The number of carbonyl (C=O) groups excluding carboxylic acids is 1. The Morgan fingerprint density at radius 2 is 1.78 bits per heavy atom. The molecule has 1 aliphatic rings. The number of rotatable bonds is 7. The zero-order chi connectivity index (χ0) is 25.8. The Labute approximate surface area is 215 Å². The lowest BCUT2D eigenvalue weighted by Crippen LogP contribution is -2.37. The molecule has 3 aromatic carbocycles. The molecule has 0 unspecified atom stereocenters. The number of carbonyl (C=O) groups is 1. The van der Waals surface area contributed by atoms with Crippen molar-refractivity contribution in [1.29, 1.82) is 0 Å². The molecule has 1 amide bonds. The normalized spacial score (nSPS) is 12.6. The van der Waals surface area contributed by atoms with E-state index < -0.39 is 0 Å². The van der Waals surface area contributed by atoms with Gasteiger partial charge in [0.25, 0.3) is 5.91 Å². The average molecular weight is 499 g/mol. The molecule has 37 heavy (non-hydrogen) atoms. The second kappa shape index (κ2) is 10.7. The van der Waals surface area contributed by atoms with Gasteiger partial charge >= 0.3 is 0 Å². The van der Waals surface area contributed by atoms with Gasteiger partial charge in [0, 0.05) is 32.1 Å². The highest BCUT2D eigenvalue weighted by atomic mass is 19.1. The molecule has 1 aliphatic heterocycles. The number of ether oxygens (including phenoxy) is 2. The highest BCUT2D eigenvalue weighted by Gasteiger charge is 2.28. The van der Waals surface area contributed by atoms with Crippen LogP contribution in [0.5, 0.6) is 17.4 Å². The number of halogens is 1. The van der Waals surface area contributed by atoms with Gasteiger partial charge in [-0.15, -0.1) is 0 Å². The molecule has 5 rings (SSSR count). The van der Waals surface area contributed by atoms with Crippen molar-refractivity contribution in [1.82, 2.24) is 14.9 Å². The first-order valence-corrected chi connectivity index (χ1v) is 12.0. The maximum Gasteiger partial charge on any atom is 0.254 e. The van der Waals surface area contributed by atoms with Crippen LogP contribution in [0.1, 0.15) is 27.2 Å². The van der Waals surface area contributed by atoms with Crippen molar-refractivity contribution in [2.45, 2.75) is 19.5 Å². The fourth-order valence-electron chi connectivity index (χ4n) is 4.28. The second-order valence-corrected chi connectivity index (χ2v) is 8.86. The Kier molecular flexibility index (Phi) is 6.98. The molecule has 1 aromatic heterocycles. The van der Waals surface area contributed by atoms with Crippen molar-refractivity contribution in [2.75, 3.05) is 25.6 Å². The topological polar surface area (TPSA) is 67.8 Å². The number of methoxy groups -OCH3 is 1. The van der Waals surface area contributed by atoms with E-state index in [2.05, 4.69) is 0 Å². The van der Waals surface area contributed by atoms with Gasteiger partial charge in [0.2, 0.25) is 11.8 Å². The van der Waals surface area contributed by atoms with Gasteiger partial charge in [0.15, 0.2) is 0 Å². The standard InChI is InChI=1S/C29H27FN4O3/c1-33(18-20-7-4-3-5-8-20)29-31-26-15-16-34(28(35)21-9-6-10-24(17-21)36-2)19-25(26)27(32-29)37-23-13-11-22(30)12-14-23/h3-14,17H,15-16,18-19H2,1-2H3. The molecule has 0 radical (unpaired) electrons. The van der Waals surface area contributed by atoms with Crippen LogP contribution in [0.15, 0.2) is 78.9 Å². The van der Waals surface area contributed by atoms with Gasteiger partial charge in [0.05, 0.1) is 24.9 Å². The van der Waals surface area contributed by atoms with Gasteiger partial charge in [-0.1, -0.05) is 36.4 Å². The van der Waals surface area contributed by atoms with E-state index in [9.17, 15) is 9.18 Å². The van der Waals surface area contributed by atoms with Gasteiger partial charge in [-0.3, -0.25) is 4.79 Å². The second-order valence-electron chi connectivity index (χ2n) is 8.86. The number of hydrogen-bond donors (Lipinski definition) is 0. The summed E-state index contributed by atoms with van der Waals surface area (Å²) in [5.41, 5.74) is 3.24. The van der Waals surface area contributed by atoms with E-state index in [4.69, 9.17) is 19.4 Å². The fourth-order valence-corrected chi connectivity index (χ4v) is 4.28. The quantitative estimate of drug-likeness (QED) is 0.347. The number of nitrogens with zero attached hydrogens (tertiary/aromatic N) is 4. The lowest BCUT2D eigenvalue weighted by atomic mass is 10.0. The molecule has 0 fully saturated rings. The zero-order valence-corrected chi connectivity index (χ0v) is 20.7. The Hall–Kier alpha value is -4.46. The van der Waals surface area contributed by atoms with Gasteiger partial charge in [-0.05, 0) is 48.0 Å². The molecular weight excluding hydrogens is 471 g/mol. The molecule has 7 nitrogen and oxygen atoms in total. The van der Waals surface area contributed by atoms with Crippen molar-refractivity contribution >= 4 is 11.9 Å². The summed E-state index contributed by atoms with van der Waals surface area (Å²) in [7, 11) is 3.50. The molecule has 0 bridgehead atoms. The Balaban J connectivity index is 1.46. The average Bonchev–Trinajstić information content (AvgIpc) is 2.94. The highest BCUT2D eigenvalue weighted by molar-refractivity contribution is 5.94. The van der Waals surface area contributed by atoms with E-state index >= 15 is 0 Å². The Morgan fingerprint density at radius 3 is 2.54 bits per heavy atom. The molecule has 0 N–H and O–H groups in total. The van der Waals surface area contributed by atoms with Crippen LogP contribution in [-0.4, -0.2) is 41.5 Å². The van der Waals surface area contributed by atoms with Crippen molar-refractivity contribution < 1.29 is 18.7 Å². The van der Waals surface area contributed by atoms with Crippen molar-refractivity contribution in [2.24, 2.45) is 0 Å². The monoisotopic (exact) mass is 498 g/mol. The van der Waals surface area contributed by atoms with E-state index in [0.717, 1.165) is 16.8 Å². The number of benzene rings is 3. The molecule has 0 saturated heterocycles. The largest absolute Gasteiger partial charge is 0.497 e. The molecule has 0 spiro atoms. The van der Waals surface area contributed by atoms with E-state index in [-0.39, 0.29) is 11.7 Å². The van der Waals surface area contributed by atoms with Crippen LogP contribution in [0, 0.1) is 5.82 Å². The van der Waals surface area contributed by atoms with Crippen molar-refractivity contribution in [3.8, 4) is 17.4 Å². The zero-order valence-electron chi connectivity index (χ0n) is 20.7. The minimum Gasteiger partial charge on any atom is -0.497 e. The summed E-state index contributed by atoms with van der Waals surface area (Å²) in [5, 5.41) is 0. The van der Waals surface area contributed by atoms with Crippen LogP contribution in [0.4, 0.5) is 10.3 Å². The van der Waals surface area contributed by atoms with Gasteiger partial charge in [0.1, 0.15) is 17.3 Å². The SMILES string of the molecule is COc1cccc(C(=O)N2CCc3nc(N(C)Cc4ccccc4)nc(Oc4ccc(F)cc4)c3C2)c1. The van der Waals surface area contributed by atoms with Crippen molar-refractivity contribution in [3.63, 3.8) is 0 Å². The smallest absolute Gasteiger partial charge is 0.254 e. The maximum absolute atomic E-state index is 13.5. The van der Waals surface area contributed by atoms with Gasteiger partial charge in [-0.25, -0.2) is 9.37 Å². The first kappa shape index (κ1) is 24.2. The molecule has 0 atom stereocenters. The molecule has 0 aliphatic carbocycles. The predicted molar refractivity (Wildman–Crippen MR) is 138 cm³/mol. The summed E-state index contributed by atoms with van der Waals surface area (Å²) >= 11 is 0. The maximum atomic E-state index is 13.5. The predicted octanol–water partition coefficient (Wildman–Crippen LogP) is 5.25. The first-order chi connectivity index (χ1) is 18.0. The van der Waals surface area contributed by atoms with Gasteiger partial charge in [-0.2, -0.15) is 4.98 Å². The van der Waals surface area contributed by atoms with E-state index in [1.54, 1.807) is 48.4 Å². The van der Waals surface area contributed by atoms with E-state index in [1.165, 1.54) is 12.1 Å². The summed E-state index contributed by atoms with van der Waals surface area (Å²) in [6, 6.07) is 22.9. The molecule has 8 heteroatoms. The van der Waals surface area contributed by atoms with E-state index in [0.29, 0.717) is 54.9 Å². The number of anilines is 1. The lowest BCUT2D eigenvalue weighted by Gasteiger charge is -2.30. The van der Waals surface area contributed by atoms with E-state index in [1.807, 2.05) is 42.3 Å². The highest BCUT2D eigenvalue weighted by Crippen LogP contribution is 2.32. The van der Waals surface area contributed by atoms with Crippen LogP contribution in [-0.2, 0) is 19.5 Å². The Bertz CT molecular complexity index is 1400. The summed E-state index contributed by atoms with van der Waals surface area (Å²) in [4.78, 5) is 26.6. The number of fused-ring (bicyclic) bond motifs is 1. The van der Waals surface area contributed by atoms with Gasteiger partial charge < -0.3 is 19.3 Å². The number of hydrogen-bond acceptors (Lipinski definition) is 6. The summed E-state index contributed by atoms with van der Waals surface area (Å²) in [5.74, 6) is 1.49. The molecular formula is C29H27FN4O3. The van der Waals surface area contributed by atoms with Crippen LogP contribution >= 0.6 is 0 Å². The fraction of sp³-hybridized carbons (Fsp3) is 0.207. The molecule has 4 aromatic rings. The van der Waals surface area contributed by atoms with Crippen LogP contribution in [0.3, 0.4) is 0 Å². The molecule has 188 valence electrons. The third-order valence-corrected chi connectivity index (χ3v) is 6.25. The lowest BCUT2D eigenvalue weighted by molar-refractivity contribution is 0.0731. The third kappa shape index (κ3) is 5.53. The van der Waals surface area contributed by atoms with Crippen LogP contribution in [0.25, 0.3) is 0 Å². The summed E-state index contributed by atoms with van der Waals surface area (Å²) in [6.45, 7) is 1.43. The first-order valence-electron chi connectivity index (χ1n) is 12.0. The summed E-state index contributed by atoms with van der Waals surface area (Å²) < 4.78 is 24.9. The van der Waals surface area contributed by atoms with Crippen LogP contribution < -0.4 is 14.4 Å². The van der Waals surface area contributed by atoms with Crippen LogP contribution in [0.2, 0.25) is 0 Å². The summed E-state index contributed by atoms with van der Waals surface area (Å²) in [6.07, 6.45) is 0.555. The van der Waals surface area contributed by atoms with Crippen molar-refractivity contribution in [3.05, 3.63) is 107 Å². The minimum atomic E-state index is -0.351. The third-order valence-electron chi connectivity index (χ3n) is 6.25. The number of amides is 1. The molecule has 0 saturated carbocycles. The minimum absolute atomic E-state index is 0.109. The number of aromatic nitrogens is 2.